The second-order valence-corrected chi connectivity index (χ2v) is 6.03. The van der Waals surface area contributed by atoms with E-state index in [4.69, 9.17) is 24.4 Å². The molecule has 0 amide bonds. The molecular formula is C15H22N4S2. The Morgan fingerprint density at radius 1 is 1.05 bits per heavy atom. The molecule has 0 aliphatic heterocycles. The fraction of sp³-hybridized carbons (Fsp3) is 0.467. The Morgan fingerprint density at radius 2 is 1.67 bits per heavy atom. The van der Waals surface area contributed by atoms with Gasteiger partial charge in [-0.3, -0.25) is 10.9 Å². The number of hydrogen-bond donors (Lipinski definition) is 4. The summed E-state index contributed by atoms with van der Waals surface area (Å²) in [6.07, 6.45) is 5.97. The molecule has 2 rings (SSSR count). The summed E-state index contributed by atoms with van der Waals surface area (Å²) in [6, 6.07) is 8.70. The lowest BCUT2D eigenvalue weighted by molar-refractivity contribution is 0.618. The minimum Gasteiger partial charge on any atom is -0.359 e. The first-order valence-corrected chi connectivity index (χ1v) is 8.21. The molecule has 1 aromatic rings. The molecule has 0 saturated heterocycles. The zero-order chi connectivity index (χ0) is 15.1. The number of hydrazine groups is 1. The normalized spacial score (nSPS) is 14.5. The van der Waals surface area contributed by atoms with Crippen molar-refractivity contribution in [3.63, 3.8) is 0 Å². The molecule has 4 N–H and O–H groups in total. The first-order chi connectivity index (χ1) is 10.2. The highest BCUT2D eigenvalue weighted by molar-refractivity contribution is 7.80. The highest BCUT2D eigenvalue weighted by Crippen LogP contribution is 2.17. The predicted molar refractivity (Wildman–Crippen MR) is 96.3 cm³/mol. The van der Waals surface area contributed by atoms with Crippen molar-refractivity contribution in [2.45, 2.75) is 45.1 Å². The Bertz CT molecular complexity index is 481. The summed E-state index contributed by atoms with van der Waals surface area (Å²) in [5.41, 5.74) is 8.08. The smallest absolute Gasteiger partial charge is 0.189 e. The average Bonchev–Trinajstić information content (AvgIpc) is 2.99. The van der Waals surface area contributed by atoms with Gasteiger partial charge in [0.15, 0.2) is 10.2 Å². The van der Waals surface area contributed by atoms with Crippen LogP contribution < -0.4 is 21.5 Å². The molecule has 21 heavy (non-hydrogen) atoms. The van der Waals surface area contributed by atoms with Gasteiger partial charge in [0.25, 0.3) is 0 Å². The molecule has 0 aromatic heterocycles. The van der Waals surface area contributed by atoms with E-state index >= 15 is 0 Å². The van der Waals surface area contributed by atoms with Crippen LogP contribution in [0.2, 0.25) is 0 Å². The highest BCUT2D eigenvalue weighted by Gasteiger charge is 2.15. The molecule has 6 heteroatoms. The molecular weight excluding hydrogens is 300 g/mol. The lowest BCUT2D eigenvalue weighted by Gasteiger charge is -2.17. The molecule has 1 fully saturated rings. The van der Waals surface area contributed by atoms with Crippen LogP contribution in [0.4, 0.5) is 5.69 Å². The maximum Gasteiger partial charge on any atom is 0.189 e. The van der Waals surface area contributed by atoms with Crippen LogP contribution in [0.15, 0.2) is 24.3 Å². The number of anilines is 1. The van der Waals surface area contributed by atoms with Crippen molar-refractivity contribution < 1.29 is 0 Å². The summed E-state index contributed by atoms with van der Waals surface area (Å²) in [5.74, 6) is 0. The van der Waals surface area contributed by atoms with Crippen molar-refractivity contribution in [2.75, 3.05) is 5.32 Å². The Kier molecular flexibility index (Phi) is 6.20. The van der Waals surface area contributed by atoms with Gasteiger partial charge < -0.3 is 10.6 Å². The second kappa shape index (κ2) is 8.14. The van der Waals surface area contributed by atoms with E-state index in [1.807, 2.05) is 12.1 Å². The zero-order valence-electron chi connectivity index (χ0n) is 12.2. The standard InChI is InChI=1S/C15H22N4S2/c1-2-11-7-9-13(10-8-11)17-15(21)19-18-14(20)16-12-5-3-4-6-12/h7-10,12H,2-6H2,1H3,(H2,16,18,20)(H2,17,19,21). The highest BCUT2D eigenvalue weighted by atomic mass is 32.1. The maximum atomic E-state index is 5.23. The van der Waals surface area contributed by atoms with E-state index in [0.29, 0.717) is 16.3 Å². The molecule has 1 aromatic carbocycles. The Hall–Kier alpha value is -1.40. The van der Waals surface area contributed by atoms with E-state index in [1.54, 1.807) is 0 Å². The molecule has 1 aliphatic carbocycles. The van der Waals surface area contributed by atoms with Crippen LogP contribution >= 0.6 is 24.4 Å². The number of hydrogen-bond acceptors (Lipinski definition) is 2. The number of rotatable bonds is 3. The van der Waals surface area contributed by atoms with E-state index in [9.17, 15) is 0 Å². The molecule has 1 aliphatic rings. The Labute approximate surface area is 137 Å². The van der Waals surface area contributed by atoms with Gasteiger partial charge in [0.2, 0.25) is 0 Å². The van der Waals surface area contributed by atoms with Gasteiger partial charge in [0, 0.05) is 11.7 Å². The minimum absolute atomic E-state index is 0.495. The van der Waals surface area contributed by atoms with Crippen molar-refractivity contribution in [3.05, 3.63) is 29.8 Å². The van der Waals surface area contributed by atoms with Crippen LogP contribution in [0.5, 0.6) is 0 Å². The number of benzene rings is 1. The Morgan fingerprint density at radius 3 is 2.29 bits per heavy atom. The topological polar surface area (TPSA) is 48.1 Å². The zero-order valence-corrected chi connectivity index (χ0v) is 13.9. The van der Waals surface area contributed by atoms with Crippen LogP contribution in [-0.2, 0) is 6.42 Å². The quantitative estimate of drug-likeness (QED) is 0.507. The van der Waals surface area contributed by atoms with Gasteiger partial charge in [-0.25, -0.2) is 0 Å². The van der Waals surface area contributed by atoms with E-state index in [-0.39, 0.29) is 0 Å². The molecule has 0 heterocycles. The minimum atomic E-state index is 0.495. The van der Waals surface area contributed by atoms with Crippen molar-refractivity contribution >= 4 is 40.3 Å². The third-order valence-electron chi connectivity index (χ3n) is 3.60. The third kappa shape index (κ3) is 5.47. The van der Waals surface area contributed by atoms with Gasteiger partial charge in [0.1, 0.15) is 0 Å². The van der Waals surface area contributed by atoms with E-state index < -0.39 is 0 Å². The summed E-state index contributed by atoms with van der Waals surface area (Å²) in [7, 11) is 0. The second-order valence-electron chi connectivity index (χ2n) is 5.21. The molecule has 4 nitrogen and oxygen atoms in total. The number of nitrogens with one attached hydrogen (secondary N) is 4. The van der Waals surface area contributed by atoms with Gasteiger partial charge in [0.05, 0.1) is 0 Å². The van der Waals surface area contributed by atoms with Crippen molar-refractivity contribution in [3.8, 4) is 0 Å². The SMILES string of the molecule is CCc1ccc(NC(=S)NNC(=S)NC2CCCC2)cc1. The lowest BCUT2D eigenvalue weighted by Crippen LogP contribution is -2.50. The summed E-state index contributed by atoms with van der Waals surface area (Å²) >= 11 is 10.5. The van der Waals surface area contributed by atoms with Gasteiger partial charge in [-0.1, -0.05) is 31.9 Å². The van der Waals surface area contributed by atoms with Crippen LogP contribution in [0.3, 0.4) is 0 Å². The molecule has 0 radical (unpaired) electrons. The van der Waals surface area contributed by atoms with Crippen molar-refractivity contribution in [2.24, 2.45) is 0 Å². The fourth-order valence-electron chi connectivity index (χ4n) is 2.39. The first-order valence-electron chi connectivity index (χ1n) is 7.40. The van der Waals surface area contributed by atoms with Crippen LogP contribution in [0.1, 0.15) is 38.2 Å². The van der Waals surface area contributed by atoms with Crippen LogP contribution in [0.25, 0.3) is 0 Å². The van der Waals surface area contributed by atoms with Gasteiger partial charge in [-0.05, 0) is 61.4 Å². The number of thiocarbonyl (C=S) groups is 2. The van der Waals surface area contributed by atoms with E-state index in [0.717, 1.165) is 12.1 Å². The summed E-state index contributed by atoms with van der Waals surface area (Å²) < 4.78 is 0. The first kappa shape index (κ1) is 16.0. The average molecular weight is 323 g/mol. The summed E-state index contributed by atoms with van der Waals surface area (Å²) in [5, 5.41) is 7.48. The fourth-order valence-corrected chi connectivity index (χ4v) is 2.78. The lowest BCUT2D eigenvalue weighted by atomic mass is 10.1. The van der Waals surface area contributed by atoms with Gasteiger partial charge >= 0.3 is 0 Å². The summed E-state index contributed by atoms with van der Waals surface area (Å²) in [4.78, 5) is 0. The van der Waals surface area contributed by atoms with Crippen molar-refractivity contribution in [1.29, 1.82) is 0 Å². The van der Waals surface area contributed by atoms with E-state index in [1.165, 1.54) is 31.2 Å². The van der Waals surface area contributed by atoms with Crippen LogP contribution in [0, 0.1) is 0 Å². The molecule has 0 atom stereocenters. The van der Waals surface area contributed by atoms with Gasteiger partial charge in [-0.15, -0.1) is 0 Å². The Balaban J connectivity index is 1.69. The van der Waals surface area contributed by atoms with Gasteiger partial charge in [-0.2, -0.15) is 0 Å². The molecule has 1 saturated carbocycles. The molecule has 114 valence electrons. The molecule has 0 unspecified atom stereocenters. The largest absolute Gasteiger partial charge is 0.359 e. The van der Waals surface area contributed by atoms with E-state index in [2.05, 4.69) is 40.5 Å². The third-order valence-corrected chi connectivity index (χ3v) is 4.02. The predicted octanol–water partition coefficient (Wildman–Crippen LogP) is 2.86. The monoisotopic (exact) mass is 322 g/mol. The van der Waals surface area contributed by atoms with Crippen molar-refractivity contribution in [1.82, 2.24) is 16.2 Å². The van der Waals surface area contributed by atoms with Crippen LogP contribution in [-0.4, -0.2) is 16.3 Å². The molecule has 0 spiro atoms. The number of aryl methyl sites for hydroxylation is 1. The maximum absolute atomic E-state index is 5.23. The molecule has 0 bridgehead atoms. The summed E-state index contributed by atoms with van der Waals surface area (Å²) in [6.45, 7) is 2.14.